The standard InChI is InChI=1S/C24H23N3O6/c1-26(21(23(30)31)10-15-11-27(14-25-15)12-22(28)29)24(32)33-13-20-18-8-4-2-6-16(18)17-7-3-5-9-19(17)20/h2-9,11,14,20-21H,10,12-13H2,1H3,(H,28,29)(H,30,31). The predicted octanol–water partition coefficient (Wildman–Crippen LogP) is 2.84. The molecule has 1 aliphatic rings. The SMILES string of the molecule is CN(C(=O)OCC1c2ccccc2-c2ccccc21)C(Cc1cn(CC(=O)O)cn1)C(=O)O. The molecule has 1 aromatic heterocycles. The van der Waals surface area contributed by atoms with Crippen molar-refractivity contribution in [2.75, 3.05) is 13.7 Å². The van der Waals surface area contributed by atoms with Gasteiger partial charge in [-0.2, -0.15) is 0 Å². The summed E-state index contributed by atoms with van der Waals surface area (Å²) in [6.45, 7) is -0.205. The smallest absolute Gasteiger partial charge is 0.410 e. The summed E-state index contributed by atoms with van der Waals surface area (Å²) >= 11 is 0. The van der Waals surface area contributed by atoms with Gasteiger partial charge in [-0.3, -0.25) is 9.69 Å². The van der Waals surface area contributed by atoms with E-state index in [1.54, 1.807) is 0 Å². The van der Waals surface area contributed by atoms with E-state index in [4.69, 9.17) is 9.84 Å². The number of hydrogen-bond acceptors (Lipinski definition) is 5. The van der Waals surface area contributed by atoms with E-state index < -0.39 is 24.1 Å². The summed E-state index contributed by atoms with van der Waals surface area (Å²) in [7, 11) is 1.37. The van der Waals surface area contributed by atoms with Crippen LogP contribution in [0.2, 0.25) is 0 Å². The van der Waals surface area contributed by atoms with Crippen LogP contribution in [0.4, 0.5) is 4.79 Å². The molecule has 2 N–H and O–H groups in total. The van der Waals surface area contributed by atoms with E-state index in [0.717, 1.165) is 27.2 Å². The highest BCUT2D eigenvalue weighted by atomic mass is 16.6. The number of carboxylic acids is 2. The number of carbonyl (C=O) groups is 3. The third kappa shape index (κ3) is 4.57. The van der Waals surface area contributed by atoms with Crippen molar-refractivity contribution >= 4 is 18.0 Å². The molecule has 0 aliphatic heterocycles. The minimum atomic E-state index is -1.21. The first kappa shape index (κ1) is 22.1. The first-order valence-corrected chi connectivity index (χ1v) is 10.4. The van der Waals surface area contributed by atoms with Gasteiger partial charge < -0.3 is 19.5 Å². The Morgan fingerprint density at radius 3 is 2.24 bits per heavy atom. The van der Waals surface area contributed by atoms with Crippen LogP contribution in [0.1, 0.15) is 22.7 Å². The van der Waals surface area contributed by atoms with Crippen molar-refractivity contribution in [3.63, 3.8) is 0 Å². The number of ether oxygens (including phenoxy) is 1. The molecule has 4 rings (SSSR count). The molecule has 0 bridgehead atoms. The van der Waals surface area contributed by atoms with Crippen molar-refractivity contribution in [3.8, 4) is 11.1 Å². The monoisotopic (exact) mass is 449 g/mol. The summed E-state index contributed by atoms with van der Waals surface area (Å²) in [5.74, 6) is -2.38. The van der Waals surface area contributed by atoms with Gasteiger partial charge in [0.15, 0.2) is 0 Å². The molecule has 0 saturated heterocycles. The Labute approximate surface area is 189 Å². The molecule has 1 aliphatic carbocycles. The van der Waals surface area contributed by atoms with Crippen LogP contribution in [0.3, 0.4) is 0 Å². The van der Waals surface area contributed by atoms with E-state index in [9.17, 15) is 19.5 Å². The molecule has 9 nitrogen and oxygen atoms in total. The van der Waals surface area contributed by atoms with Crippen LogP contribution in [-0.2, 0) is 27.3 Å². The molecule has 1 heterocycles. The van der Waals surface area contributed by atoms with E-state index in [0.29, 0.717) is 5.69 Å². The number of rotatable bonds is 8. The molecule has 1 unspecified atom stereocenters. The van der Waals surface area contributed by atoms with Gasteiger partial charge in [0.05, 0.1) is 12.0 Å². The van der Waals surface area contributed by atoms with Gasteiger partial charge in [0.2, 0.25) is 0 Å². The van der Waals surface area contributed by atoms with E-state index in [1.165, 1.54) is 24.1 Å². The van der Waals surface area contributed by atoms with Crippen LogP contribution in [0.25, 0.3) is 11.1 Å². The van der Waals surface area contributed by atoms with E-state index in [2.05, 4.69) is 4.98 Å². The Balaban J connectivity index is 1.44. The van der Waals surface area contributed by atoms with Crippen LogP contribution in [0.15, 0.2) is 61.1 Å². The van der Waals surface area contributed by atoms with Crippen molar-refractivity contribution in [1.29, 1.82) is 0 Å². The third-order valence-corrected chi connectivity index (χ3v) is 5.78. The maximum atomic E-state index is 12.7. The molecule has 1 amide bonds. The molecule has 1 atom stereocenters. The van der Waals surface area contributed by atoms with Crippen LogP contribution < -0.4 is 0 Å². The van der Waals surface area contributed by atoms with Gasteiger partial charge in [0.25, 0.3) is 0 Å². The van der Waals surface area contributed by atoms with Crippen molar-refractivity contribution in [1.82, 2.24) is 14.5 Å². The maximum absolute atomic E-state index is 12.7. The number of benzene rings is 2. The zero-order valence-electron chi connectivity index (χ0n) is 17.9. The average Bonchev–Trinajstić information content (AvgIpc) is 3.36. The Kier molecular flexibility index (Phi) is 6.12. The van der Waals surface area contributed by atoms with Gasteiger partial charge in [-0.25, -0.2) is 14.6 Å². The van der Waals surface area contributed by atoms with Gasteiger partial charge in [-0.15, -0.1) is 0 Å². The first-order chi connectivity index (χ1) is 15.8. The molecule has 0 fully saturated rings. The van der Waals surface area contributed by atoms with E-state index >= 15 is 0 Å². The summed E-state index contributed by atoms with van der Waals surface area (Å²) < 4.78 is 6.89. The van der Waals surface area contributed by atoms with Gasteiger partial charge in [-0.05, 0) is 22.3 Å². The van der Waals surface area contributed by atoms with Gasteiger partial charge >= 0.3 is 18.0 Å². The number of carboxylic acid groups (broad SMARTS) is 2. The summed E-state index contributed by atoms with van der Waals surface area (Å²) in [4.78, 5) is 40.5. The average molecular weight is 449 g/mol. The highest BCUT2D eigenvalue weighted by molar-refractivity contribution is 5.81. The van der Waals surface area contributed by atoms with Crippen LogP contribution in [0, 0.1) is 0 Å². The molecular weight excluding hydrogens is 426 g/mol. The second-order valence-electron chi connectivity index (χ2n) is 7.90. The topological polar surface area (TPSA) is 122 Å². The fourth-order valence-corrected chi connectivity index (χ4v) is 4.17. The highest BCUT2D eigenvalue weighted by Gasteiger charge is 2.32. The van der Waals surface area contributed by atoms with Crippen LogP contribution in [0.5, 0.6) is 0 Å². The van der Waals surface area contributed by atoms with Gasteiger partial charge in [0, 0.05) is 25.6 Å². The summed E-state index contributed by atoms with van der Waals surface area (Å²) in [6, 6.07) is 14.7. The molecule has 3 aromatic rings. The molecule has 2 aromatic carbocycles. The van der Waals surface area contributed by atoms with Crippen LogP contribution in [-0.4, -0.2) is 62.4 Å². The van der Waals surface area contributed by atoms with Crippen molar-refractivity contribution in [3.05, 3.63) is 77.9 Å². The molecule has 33 heavy (non-hydrogen) atoms. The minimum Gasteiger partial charge on any atom is -0.480 e. The van der Waals surface area contributed by atoms with Crippen molar-refractivity contribution < 1.29 is 29.3 Å². The van der Waals surface area contributed by atoms with Crippen molar-refractivity contribution in [2.24, 2.45) is 0 Å². The van der Waals surface area contributed by atoms with Crippen molar-refractivity contribution in [2.45, 2.75) is 24.9 Å². The lowest BCUT2D eigenvalue weighted by molar-refractivity contribution is -0.142. The predicted molar refractivity (Wildman–Crippen MR) is 118 cm³/mol. The highest BCUT2D eigenvalue weighted by Crippen LogP contribution is 2.44. The number of aliphatic carboxylic acids is 2. The Hall–Kier alpha value is -4.14. The Morgan fingerprint density at radius 2 is 1.67 bits per heavy atom. The summed E-state index contributed by atoms with van der Waals surface area (Å²) in [6.07, 6.45) is 1.93. The van der Waals surface area contributed by atoms with Gasteiger partial charge in [0.1, 0.15) is 19.2 Å². The normalized spacial score (nSPS) is 13.1. The lowest BCUT2D eigenvalue weighted by atomic mass is 9.98. The summed E-state index contributed by atoms with van der Waals surface area (Å²) in [5.41, 5.74) is 4.69. The molecule has 0 saturated carbocycles. The number of carbonyl (C=O) groups excluding carboxylic acids is 1. The molecular formula is C24H23N3O6. The number of likely N-dealkylation sites (N-methyl/N-ethyl adjacent to an activating group) is 1. The largest absolute Gasteiger partial charge is 0.480 e. The fourth-order valence-electron chi connectivity index (χ4n) is 4.17. The second-order valence-corrected chi connectivity index (χ2v) is 7.90. The lowest BCUT2D eigenvalue weighted by Gasteiger charge is -2.24. The van der Waals surface area contributed by atoms with E-state index in [-0.39, 0.29) is 25.5 Å². The third-order valence-electron chi connectivity index (χ3n) is 5.78. The Bertz CT molecular complexity index is 1160. The van der Waals surface area contributed by atoms with Gasteiger partial charge in [-0.1, -0.05) is 48.5 Å². The quantitative estimate of drug-likeness (QED) is 0.542. The molecule has 170 valence electrons. The number of hydrogen-bond donors (Lipinski definition) is 2. The zero-order valence-corrected chi connectivity index (χ0v) is 17.9. The number of imidazole rings is 1. The molecule has 0 spiro atoms. The molecule has 9 heteroatoms. The van der Waals surface area contributed by atoms with E-state index in [1.807, 2.05) is 48.5 Å². The fraction of sp³-hybridized carbons (Fsp3) is 0.250. The second kappa shape index (κ2) is 9.15. The first-order valence-electron chi connectivity index (χ1n) is 10.4. The number of fused-ring (bicyclic) bond motifs is 3. The summed E-state index contributed by atoms with van der Waals surface area (Å²) in [5, 5.41) is 18.5. The maximum Gasteiger partial charge on any atom is 0.410 e. The Morgan fingerprint density at radius 1 is 1.06 bits per heavy atom. The number of aromatic nitrogens is 2. The number of amides is 1. The number of nitrogens with zero attached hydrogens (tertiary/aromatic N) is 3. The minimum absolute atomic E-state index is 0.0801. The zero-order chi connectivity index (χ0) is 23.5. The van der Waals surface area contributed by atoms with Crippen LogP contribution >= 0.6 is 0 Å². The molecule has 0 radical (unpaired) electrons. The lowest BCUT2D eigenvalue weighted by Crippen LogP contribution is -2.44.